The van der Waals surface area contributed by atoms with Gasteiger partial charge in [0.25, 0.3) is 5.91 Å². The van der Waals surface area contributed by atoms with Gasteiger partial charge in [-0.1, -0.05) is 13.0 Å². The molecule has 1 amide bonds. The summed E-state index contributed by atoms with van der Waals surface area (Å²) in [5.41, 5.74) is 1.29. The summed E-state index contributed by atoms with van der Waals surface area (Å²) in [4.78, 5) is 16.6. The number of aryl methyl sites for hydroxylation is 1. The number of fused-ring (bicyclic) bond motifs is 1. The van der Waals surface area contributed by atoms with Crippen molar-refractivity contribution in [2.45, 2.75) is 31.1 Å². The van der Waals surface area contributed by atoms with Crippen LogP contribution in [0.15, 0.2) is 35.2 Å². The molecule has 0 spiro atoms. The molecule has 28 heavy (non-hydrogen) atoms. The minimum Gasteiger partial charge on any atom is -0.335 e. The number of piperazine rings is 1. The van der Waals surface area contributed by atoms with Crippen LogP contribution >= 0.6 is 11.3 Å². The van der Waals surface area contributed by atoms with Crippen molar-refractivity contribution >= 4 is 27.3 Å². The van der Waals surface area contributed by atoms with Crippen LogP contribution in [0.1, 0.15) is 33.5 Å². The lowest BCUT2D eigenvalue weighted by atomic mass is 9.90. The van der Waals surface area contributed by atoms with Crippen molar-refractivity contribution in [1.82, 2.24) is 9.21 Å². The fourth-order valence-electron chi connectivity index (χ4n) is 3.88. The first-order chi connectivity index (χ1) is 13.3. The molecule has 0 bridgehead atoms. The van der Waals surface area contributed by atoms with Gasteiger partial charge in [0.2, 0.25) is 10.0 Å². The number of hydrogen-bond acceptors (Lipinski definition) is 4. The molecular weight excluding hydrogens is 399 g/mol. The number of rotatable bonds is 3. The molecular formula is C20H23FN2O3S2. The van der Waals surface area contributed by atoms with E-state index in [0.717, 1.165) is 30.2 Å². The number of hydrogen-bond donors (Lipinski definition) is 0. The Labute approximate surface area is 168 Å². The topological polar surface area (TPSA) is 57.7 Å². The van der Waals surface area contributed by atoms with Crippen molar-refractivity contribution in [2.24, 2.45) is 5.92 Å². The highest BCUT2D eigenvalue weighted by Gasteiger charge is 2.31. The van der Waals surface area contributed by atoms with Gasteiger partial charge < -0.3 is 4.90 Å². The zero-order chi connectivity index (χ0) is 19.9. The van der Waals surface area contributed by atoms with Crippen molar-refractivity contribution in [3.8, 4) is 0 Å². The average Bonchev–Trinajstić information content (AvgIpc) is 3.10. The van der Waals surface area contributed by atoms with E-state index in [-0.39, 0.29) is 23.9 Å². The van der Waals surface area contributed by atoms with E-state index >= 15 is 0 Å². The molecule has 1 atom stereocenters. The third-order valence-electron chi connectivity index (χ3n) is 5.50. The molecule has 2 aliphatic rings. The summed E-state index contributed by atoms with van der Waals surface area (Å²) in [7, 11) is -3.75. The number of benzene rings is 1. The van der Waals surface area contributed by atoms with Crippen LogP contribution in [-0.4, -0.2) is 49.7 Å². The number of carbonyl (C=O) groups is 1. The van der Waals surface area contributed by atoms with E-state index in [2.05, 4.69) is 6.92 Å². The van der Waals surface area contributed by atoms with Gasteiger partial charge in [-0.05, 0) is 55.0 Å². The van der Waals surface area contributed by atoms with E-state index in [1.807, 2.05) is 6.07 Å². The highest BCUT2D eigenvalue weighted by molar-refractivity contribution is 7.89. The maximum absolute atomic E-state index is 13.4. The zero-order valence-electron chi connectivity index (χ0n) is 15.7. The lowest BCUT2D eigenvalue weighted by molar-refractivity contribution is 0.0702. The second kappa shape index (κ2) is 7.57. The first-order valence-electron chi connectivity index (χ1n) is 9.51. The Bertz CT molecular complexity index is 995. The first-order valence-corrected chi connectivity index (χ1v) is 11.8. The highest BCUT2D eigenvalue weighted by atomic mass is 32.2. The molecule has 5 nitrogen and oxygen atoms in total. The van der Waals surface area contributed by atoms with Gasteiger partial charge in [-0.3, -0.25) is 4.79 Å². The zero-order valence-corrected chi connectivity index (χ0v) is 17.4. The van der Waals surface area contributed by atoms with Gasteiger partial charge in [-0.25, -0.2) is 12.8 Å². The number of sulfonamides is 1. The van der Waals surface area contributed by atoms with Crippen LogP contribution in [0.5, 0.6) is 0 Å². The van der Waals surface area contributed by atoms with E-state index in [9.17, 15) is 17.6 Å². The van der Waals surface area contributed by atoms with Crippen LogP contribution in [-0.2, 0) is 22.9 Å². The van der Waals surface area contributed by atoms with Crippen molar-refractivity contribution in [3.63, 3.8) is 0 Å². The fraction of sp³-hybridized carbons (Fsp3) is 0.450. The largest absolute Gasteiger partial charge is 0.335 e. The average molecular weight is 423 g/mol. The molecule has 150 valence electrons. The summed E-state index contributed by atoms with van der Waals surface area (Å²) < 4.78 is 40.1. The van der Waals surface area contributed by atoms with Gasteiger partial charge in [-0.2, -0.15) is 4.31 Å². The summed E-state index contributed by atoms with van der Waals surface area (Å²) in [6.45, 7) is 3.35. The van der Waals surface area contributed by atoms with Crippen molar-refractivity contribution in [2.75, 3.05) is 26.2 Å². The van der Waals surface area contributed by atoms with Crippen LogP contribution in [0, 0.1) is 11.7 Å². The SMILES string of the molecule is CC1CCc2sc(C(=O)N3CCN(S(=O)(=O)c4cccc(F)c4)CC3)cc2C1. The molecule has 1 aliphatic carbocycles. The third kappa shape index (κ3) is 3.73. The van der Waals surface area contributed by atoms with Crippen LogP contribution in [0.4, 0.5) is 4.39 Å². The predicted octanol–water partition coefficient (Wildman–Crippen LogP) is 3.16. The van der Waals surface area contributed by atoms with Crippen molar-refractivity contribution in [3.05, 3.63) is 51.5 Å². The Balaban J connectivity index is 1.43. The van der Waals surface area contributed by atoms with Gasteiger partial charge in [0, 0.05) is 31.1 Å². The first kappa shape index (κ1) is 19.5. The standard InChI is InChI=1S/C20H23FN2O3S2/c1-14-5-6-18-15(11-14)12-19(27-18)20(24)22-7-9-23(10-8-22)28(25,26)17-4-2-3-16(21)13-17/h2-4,12-14H,5-11H2,1H3. The molecule has 1 fully saturated rings. The minimum atomic E-state index is -3.75. The quantitative estimate of drug-likeness (QED) is 0.764. The Hall–Kier alpha value is -1.77. The van der Waals surface area contributed by atoms with Crippen LogP contribution < -0.4 is 0 Å². The fourth-order valence-corrected chi connectivity index (χ4v) is 6.51. The second-order valence-corrected chi connectivity index (χ2v) is 10.6. The number of carbonyl (C=O) groups excluding carboxylic acids is 1. The minimum absolute atomic E-state index is 0.0187. The summed E-state index contributed by atoms with van der Waals surface area (Å²) >= 11 is 1.58. The Morgan fingerprint density at radius 1 is 1.18 bits per heavy atom. The maximum atomic E-state index is 13.4. The van der Waals surface area contributed by atoms with Gasteiger partial charge in [-0.15, -0.1) is 11.3 Å². The molecule has 2 heterocycles. The number of halogens is 1. The monoisotopic (exact) mass is 422 g/mol. The molecule has 1 saturated heterocycles. The smallest absolute Gasteiger partial charge is 0.264 e. The molecule has 0 radical (unpaired) electrons. The van der Waals surface area contributed by atoms with E-state index in [4.69, 9.17) is 0 Å². The number of nitrogens with zero attached hydrogens (tertiary/aromatic N) is 2. The number of thiophene rings is 1. The molecule has 1 aliphatic heterocycles. The molecule has 4 rings (SSSR count). The Kier molecular flexibility index (Phi) is 5.28. The van der Waals surface area contributed by atoms with E-state index in [1.165, 1.54) is 32.9 Å². The normalized spacial score (nSPS) is 20.8. The Morgan fingerprint density at radius 2 is 1.93 bits per heavy atom. The molecule has 8 heteroatoms. The summed E-state index contributed by atoms with van der Waals surface area (Å²) in [5.74, 6) is 0.0577. The van der Waals surface area contributed by atoms with E-state index < -0.39 is 15.8 Å². The van der Waals surface area contributed by atoms with Gasteiger partial charge >= 0.3 is 0 Å². The summed E-state index contributed by atoms with van der Waals surface area (Å²) in [6.07, 6.45) is 3.23. The van der Waals surface area contributed by atoms with Crippen LogP contribution in [0.25, 0.3) is 0 Å². The molecule has 0 N–H and O–H groups in total. The van der Waals surface area contributed by atoms with Crippen molar-refractivity contribution < 1.29 is 17.6 Å². The molecule has 0 saturated carbocycles. The van der Waals surface area contributed by atoms with Crippen molar-refractivity contribution in [1.29, 1.82) is 0 Å². The maximum Gasteiger partial charge on any atom is 0.264 e. The molecule has 1 aromatic carbocycles. The van der Waals surface area contributed by atoms with Gasteiger partial charge in [0.05, 0.1) is 9.77 Å². The van der Waals surface area contributed by atoms with E-state index in [0.29, 0.717) is 19.0 Å². The lowest BCUT2D eigenvalue weighted by Gasteiger charge is -2.33. The number of amides is 1. The summed E-state index contributed by atoms with van der Waals surface area (Å²) in [5, 5.41) is 0. The van der Waals surface area contributed by atoms with Crippen LogP contribution in [0.2, 0.25) is 0 Å². The predicted molar refractivity (Wildman–Crippen MR) is 107 cm³/mol. The summed E-state index contributed by atoms with van der Waals surface area (Å²) in [6, 6.07) is 7.06. The third-order valence-corrected chi connectivity index (χ3v) is 8.62. The molecule has 1 unspecified atom stereocenters. The van der Waals surface area contributed by atoms with Gasteiger partial charge in [0.1, 0.15) is 5.82 Å². The lowest BCUT2D eigenvalue weighted by Crippen LogP contribution is -2.50. The molecule has 2 aromatic rings. The molecule has 1 aromatic heterocycles. The Morgan fingerprint density at radius 3 is 2.64 bits per heavy atom. The van der Waals surface area contributed by atoms with Crippen LogP contribution in [0.3, 0.4) is 0 Å². The van der Waals surface area contributed by atoms with Gasteiger partial charge in [0.15, 0.2) is 0 Å². The van der Waals surface area contributed by atoms with E-state index in [1.54, 1.807) is 16.2 Å². The highest BCUT2D eigenvalue weighted by Crippen LogP contribution is 2.33. The second-order valence-electron chi connectivity index (χ2n) is 7.56.